The Morgan fingerprint density at radius 3 is 1.84 bits per heavy atom. The fraction of sp³-hybridized carbons (Fsp3) is 0.750. The van der Waals surface area contributed by atoms with Gasteiger partial charge in [-0.1, -0.05) is 58.1 Å². The van der Waals surface area contributed by atoms with E-state index < -0.39 is 5.97 Å². The highest BCUT2D eigenvalue weighted by molar-refractivity contribution is 5.87. The molecule has 0 atom stereocenters. The number of hydrogen-bond acceptors (Lipinski definition) is 5. The van der Waals surface area contributed by atoms with Crippen molar-refractivity contribution < 1.29 is 23.7 Å². The molecule has 0 N–H and O–H groups in total. The van der Waals surface area contributed by atoms with Crippen LogP contribution in [-0.2, 0) is 23.7 Å². The van der Waals surface area contributed by atoms with Crippen LogP contribution in [0.2, 0.25) is 0 Å². The molecular formula is C20H38O5. The van der Waals surface area contributed by atoms with Crippen LogP contribution in [-0.4, -0.2) is 33.3 Å². The third-order valence-electron chi connectivity index (χ3n) is 3.68. The molecule has 0 aliphatic carbocycles. The molecule has 0 rings (SSSR count). The molecule has 0 fully saturated rings. The summed E-state index contributed by atoms with van der Waals surface area (Å²) in [7, 11) is 4.86. The van der Waals surface area contributed by atoms with Crippen molar-refractivity contribution in [3.63, 3.8) is 0 Å². The Morgan fingerprint density at radius 2 is 1.44 bits per heavy atom. The van der Waals surface area contributed by atoms with E-state index in [-0.39, 0.29) is 5.97 Å². The van der Waals surface area contributed by atoms with Crippen LogP contribution < -0.4 is 0 Å². The summed E-state index contributed by atoms with van der Waals surface area (Å²) in [5, 5.41) is 0. The standard InChI is InChI=1S/C13H28O3.C7H10O2/c1-5-6-7-8-9-10-11-12-13(14-2,15-3)16-4;1-4-5-9-7(8)6(2)3/h5-12H2,1-4H3;4-5H,2H2,1,3H3. The topological polar surface area (TPSA) is 54.0 Å². The highest BCUT2D eigenvalue weighted by Gasteiger charge is 2.28. The Balaban J connectivity index is 0. The largest absolute Gasteiger partial charge is 0.432 e. The van der Waals surface area contributed by atoms with Gasteiger partial charge in [0.25, 0.3) is 5.97 Å². The minimum absolute atomic E-state index is 0.381. The second-order valence-electron chi connectivity index (χ2n) is 5.82. The number of hydrogen-bond donors (Lipinski definition) is 0. The summed E-state index contributed by atoms with van der Waals surface area (Å²) >= 11 is 0. The van der Waals surface area contributed by atoms with Crippen molar-refractivity contribution in [2.45, 2.75) is 78.1 Å². The molecule has 0 aliphatic heterocycles. The summed E-state index contributed by atoms with van der Waals surface area (Å²) in [6, 6.07) is 0. The van der Waals surface area contributed by atoms with Crippen molar-refractivity contribution in [2.75, 3.05) is 21.3 Å². The molecule has 5 nitrogen and oxygen atoms in total. The Kier molecular flexibility index (Phi) is 18.4. The smallest absolute Gasteiger partial charge is 0.337 e. The molecule has 0 saturated carbocycles. The number of carbonyl (C=O) groups excluding carboxylic acids is 1. The summed E-state index contributed by atoms with van der Waals surface area (Å²) in [6.07, 6.45) is 12.7. The Labute approximate surface area is 154 Å². The normalized spacial score (nSPS) is 11.1. The number of unbranched alkanes of at least 4 members (excludes halogenated alkanes) is 6. The van der Waals surface area contributed by atoms with Crippen LogP contribution in [0.25, 0.3) is 0 Å². The van der Waals surface area contributed by atoms with Crippen molar-refractivity contribution in [2.24, 2.45) is 0 Å². The number of ether oxygens (including phenoxy) is 4. The van der Waals surface area contributed by atoms with Gasteiger partial charge in [-0.2, -0.15) is 0 Å². The predicted octanol–water partition coefficient (Wildman–Crippen LogP) is 5.36. The summed E-state index contributed by atoms with van der Waals surface area (Å²) in [5.74, 6) is -1.21. The minimum atomic E-state index is -0.830. The number of allylic oxidation sites excluding steroid dienone is 1. The molecule has 0 unspecified atom stereocenters. The van der Waals surface area contributed by atoms with E-state index in [2.05, 4.69) is 18.2 Å². The van der Waals surface area contributed by atoms with Gasteiger partial charge < -0.3 is 18.9 Å². The first-order chi connectivity index (χ1) is 11.9. The van der Waals surface area contributed by atoms with Gasteiger partial charge in [0.15, 0.2) is 0 Å². The van der Waals surface area contributed by atoms with E-state index in [0.717, 1.165) is 12.8 Å². The molecule has 0 aliphatic rings. The van der Waals surface area contributed by atoms with E-state index in [1.807, 2.05) is 0 Å². The van der Waals surface area contributed by atoms with E-state index in [0.29, 0.717) is 5.57 Å². The Hall–Kier alpha value is -1.17. The lowest BCUT2D eigenvalue weighted by molar-refractivity contribution is -0.355. The molecule has 0 amide bonds. The lowest BCUT2D eigenvalue weighted by Gasteiger charge is -2.28. The predicted molar refractivity (Wildman–Crippen MR) is 102 cm³/mol. The average molecular weight is 359 g/mol. The highest BCUT2D eigenvalue weighted by atomic mass is 16.9. The summed E-state index contributed by atoms with van der Waals surface area (Å²) in [4.78, 5) is 10.5. The van der Waals surface area contributed by atoms with Gasteiger partial charge in [-0.3, -0.25) is 0 Å². The van der Waals surface area contributed by atoms with Gasteiger partial charge >= 0.3 is 5.97 Å². The molecular weight excluding hydrogens is 320 g/mol. The monoisotopic (exact) mass is 358 g/mol. The van der Waals surface area contributed by atoms with E-state index in [1.165, 1.54) is 44.8 Å². The molecule has 5 heteroatoms. The summed E-state index contributed by atoms with van der Waals surface area (Å²) in [6.45, 7) is 9.01. The molecule has 25 heavy (non-hydrogen) atoms. The van der Waals surface area contributed by atoms with E-state index in [4.69, 9.17) is 14.2 Å². The first-order valence-corrected chi connectivity index (χ1v) is 9.06. The minimum Gasteiger partial charge on any atom is -0.432 e. The van der Waals surface area contributed by atoms with Crippen molar-refractivity contribution in [1.82, 2.24) is 0 Å². The third-order valence-corrected chi connectivity index (χ3v) is 3.68. The second-order valence-corrected chi connectivity index (χ2v) is 5.82. The van der Waals surface area contributed by atoms with Crippen molar-refractivity contribution >= 4 is 5.97 Å². The Bertz CT molecular complexity index is 351. The number of rotatable bonds is 13. The zero-order chi connectivity index (χ0) is 19.6. The molecule has 148 valence electrons. The van der Waals surface area contributed by atoms with Crippen LogP contribution in [0.5, 0.6) is 0 Å². The van der Waals surface area contributed by atoms with Crippen molar-refractivity contribution in [1.29, 1.82) is 0 Å². The van der Waals surface area contributed by atoms with Crippen molar-refractivity contribution in [3.8, 4) is 0 Å². The lowest BCUT2D eigenvalue weighted by Crippen LogP contribution is -2.35. The quantitative estimate of drug-likeness (QED) is 0.146. The van der Waals surface area contributed by atoms with Crippen LogP contribution in [0.3, 0.4) is 0 Å². The maximum Gasteiger partial charge on any atom is 0.337 e. The molecule has 0 aromatic heterocycles. The third kappa shape index (κ3) is 14.8. The molecule has 0 aromatic carbocycles. The fourth-order valence-corrected chi connectivity index (χ4v) is 2.09. The molecule has 0 spiro atoms. The van der Waals surface area contributed by atoms with Crippen LogP contribution >= 0.6 is 0 Å². The van der Waals surface area contributed by atoms with Crippen molar-refractivity contribution in [3.05, 3.63) is 24.5 Å². The van der Waals surface area contributed by atoms with Gasteiger partial charge in [0.1, 0.15) is 0 Å². The fourth-order valence-electron chi connectivity index (χ4n) is 2.09. The molecule has 0 aromatic rings. The Morgan fingerprint density at radius 1 is 0.960 bits per heavy atom. The van der Waals surface area contributed by atoms with Gasteiger partial charge in [-0.25, -0.2) is 4.79 Å². The molecule has 0 heterocycles. The van der Waals surface area contributed by atoms with Gasteiger partial charge in [0.2, 0.25) is 0 Å². The number of carbonyl (C=O) groups is 1. The SMILES string of the molecule is C=C(C)C(=O)OC=CC.CCCCCCCCCC(OC)(OC)OC. The molecule has 0 radical (unpaired) electrons. The van der Waals surface area contributed by atoms with Crippen LogP contribution in [0, 0.1) is 0 Å². The first kappa shape index (κ1) is 26.1. The van der Waals surface area contributed by atoms with Gasteiger partial charge in [-0.05, 0) is 20.3 Å². The number of methoxy groups -OCH3 is 3. The first-order valence-electron chi connectivity index (χ1n) is 9.06. The lowest BCUT2D eigenvalue weighted by atomic mass is 10.1. The van der Waals surface area contributed by atoms with Crippen LogP contribution in [0.4, 0.5) is 0 Å². The van der Waals surface area contributed by atoms with E-state index in [9.17, 15) is 4.79 Å². The second kappa shape index (κ2) is 17.6. The van der Waals surface area contributed by atoms with E-state index >= 15 is 0 Å². The molecule has 0 bridgehead atoms. The van der Waals surface area contributed by atoms with Crippen LogP contribution in [0.15, 0.2) is 24.5 Å². The maximum absolute atomic E-state index is 10.5. The van der Waals surface area contributed by atoms with Gasteiger partial charge in [0.05, 0.1) is 6.26 Å². The molecule has 0 saturated heterocycles. The summed E-state index contributed by atoms with van der Waals surface area (Å²) < 4.78 is 20.2. The zero-order valence-corrected chi connectivity index (χ0v) is 17.1. The van der Waals surface area contributed by atoms with Gasteiger partial charge in [0, 0.05) is 33.3 Å². The maximum atomic E-state index is 10.5. The average Bonchev–Trinajstić information content (AvgIpc) is 2.63. The highest BCUT2D eigenvalue weighted by Crippen LogP contribution is 2.21. The van der Waals surface area contributed by atoms with E-state index in [1.54, 1.807) is 41.3 Å². The number of esters is 1. The summed E-state index contributed by atoms with van der Waals surface area (Å²) in [5.41, 5.74) is 0.410. The van der Waals surface area contributed by atoms with Crippen LogP contribution in [0.1, 0.15) is 72.1 Å². The zero-order valence-electron chi connectivity index (χ0n) is 17.1. The van der Waals surface area contributed by atoms with Gasteiger partial charge in [-0.15, -0.1) is 0 Å².